The zero-order valence-corrected chi connectivity index (χ0v) is 16.7. The van der Waals surface area contributed by atoms with Crippen LogP contribution in [-0.2, 0) is 0 Å². The molecule has 0 nitrogen and oxygen atoms in total. The first-order valence-corrected chi connectivity index (χ1v) is 10.9. The summed E-state index contributed by atoms with van der Waals surface area (Å²) < 4.78 is 0. The van der Waals surface area contributed by atoms with E-state index in [0.29, 0.717) is 5.41 Å². The fraction of sp³-hybridized carbons (Fsp3) is 0.833. The van der Waals surface area contributed by atoms with Crippen molar-refractivity contribution < 1.29 is 0 Å². The van der Waals surface area contributed by atoms with Crippen molar-refractivity contribution in [1.82, 2.24) is 0 Å². The van der Waals surface area contributed by atoms with Crippen LogP contribution in [0.2, 0.25) is 0 Å². The van der Waals surface area contributed by atoms with Gasteiger partial charge in [0.15, 0.2) is 0 Å². The van der Waals surface area contributed by atoms with E-state index in [-0.39, 0.29) is 0 Å². The summed E-state index contributed by atoms with van der Waals surface area (Å²) in [6.45, 7) is 13.2. The monoisotopic (exact) mass is 328 g/mol. The molecule has 136 valence electrons. The summed E-state index contributed by atoms with van der Waals surface area (Å²) >= 11 is 0. The molecular formula is C24H40. The summed E-state index contributed by atoms with van der Waals surface area (Å²) in [6, 6.07) is 0. The summed E-state index contributed by atoms with van der Waals surface area (Å²) in [5.74, 6) is 5.87. The molecule has 4 aliphatic rings. The molecule has 2 bridgehead atoms. The maximum atomic E-state index is 4.17. The van der Waals surface area contributed by atoms with E-state index in [0.717, 1.165) is 35.5 Å². The van der Waals surface area contributed by atoms with E-state index >= 15 is 0 Å². The Morgan fingerprint density at radius 2 is 1.88 bits per heavy atom. The molecule has 0 heterocycles. The fourth-order valence-electron chi connectivity index (χ4n) is 7.24. The molecule has 0 saturated heterocycles. The van der Waals surface area contributed by atoms with Crippen molar-refractivity contribution in [2.45, 2.75) is 85.5 Å². The van der Waals surface area contributed by atoms with Crippen molar-refractivity contribution >= 4 is 0 Å². The molecule has 0 aromatic rings. The Hall–Kier alpha value is -0.520. The first kappa shape index (κ1) is 18.3. The van der Waals surface area contributed by atoms with E-state index in [9.17, 15) is 0 Å². The van der Waals surface area contributed by atoms with E-state index in [1.807, 2.05) is 13.8 Å². The van der Waals surface area contributed by atoms with Gasteiger partial charge in [0.1, 0.15) is 0 Å². The van der Waals surface area contributed by atoms with Gasteiger partial charge in [-0.3, -0.25) is 0 Å². The third kappa shape index (κ3) is 3.04. The highest BCUT2D eigenvalue weighted by Gasteiger charge is 2.54. The summed E-state index contributed by atoms with van der Waals surface area (Å²) in [7, 11) is 0. The summed E-state index contributed by atoms with van der Waals surface area (Å²) in [4.78, 5) is 0. The average Bonchev–Trinajstić information content (AvgIpc) is 2.72. The van der Waals surface area contributed by atoms with Crippen molar-refractivity contribution in [1.29, 1.82) is 0 Å². The number of rotatable bonds is 1. The van der Waals surface area contributed by atoms with Crippen molar-refractivity contribution in [3.8, 4) is 0 Å². The zero-order chi connectivity index (χ0) is 17.3. The van der Waals surface area contributed by atoms with Crippen LogP contribution in [-0.4, -0.2) is 0 Å². The molecule has 0 spiro atoms. The highest BCUT2D eigenvalue weighted by molar-refractivity contribution is 5.10. The van der Waals surface area contributed by atoms with Crippen LogP contribution < -0.4 is 0 Å². The maximum absolute atomic E-state index is 4.17. The molecule has 0 heteroatoms. The van der Waals surface area contributed by atoms with Crippen LogP contribution in [0.15, 0.2) is 24.3 Å². The Kier molecular flexibility index (Phi) is 5.62. The predicted molar refractivity (Wildman–Crippen MR) is 106 cm³/mol. The van der Waals surface area contributed by atoms with E-state index in [1.165, 1.54) is 57.8 Å². The van der Waals surface area contributed by atoms with Crippen LogP contribution in [0.5, 0.6) is 0 Å². The van der Waals surface area contributed by atoms with Crippen molar-refractivity contribution in [3.63, 3.8) is 0 Å². The lowest BCUT2D eigenvalue weighted by Crippen LogP contribution is -2.42. The van der Waals surface area contributed by atoms with Gasteiger partial charge in [-0.1, -0.05) is 38.5 Å². The lowest BCUT2D eigenvalue weighted by molar-refractivity contribution is 0.000764. The van der Waals surface area contributed by atoms with Gasteiger partial charge in [-0.15, -0.1) is 6.58 Å². The first-order valence-electron chi connectivity index (χ1n) is 10.9. The predicted octanol–water partition coefficient (Wildman–Crippen LogP) is 7.41. The molecule has 0 aliphatic heterocycles. The van der Waals surface area contributed by atoms with Crippen LogP contribution >= 0.6 is 0 Å². The number of allylic oxidation sites excluding steroid dienone is 3. The number of hydrogen-bond acceptors (Lipinski definition) is 0. The van der Waals surface area contributed by atoms with E-state index < -0.39 is 0 Å². The van der Waals surface area contributed by atoms with E-state index in [1.54, 1.807) is 5.57 Å². The summed E-state index contributed by atoms with van der Waals surface area (Å²) in [5, 5.41) is 0. The minimum Gasteiger partial charge on any atom is -0.103 e. The first-order chi connectivity index (χ1) is 11.6. The van der Waals surface area contributed by atoms with Gasteiger partial charge in [0, 0.05) is 0 Å². The minimum atomic E-state index is 0.586. The number of hydrogen-bond donors (Lipinski definition) is 0. The van der Waals surface area contributed by atoms with Crippen LogP contribution in [0, 0.1) is 40.9 Å². The van der Waals surface area contributed by atoms with Gasteiger partial charge >= 0.3 is 0 Å². The van der Waals surface area contributed by atoms with Crippen molar-refractivity contribution in [2.75, 3.05) is 0 Å². The largest absolute Gasteiger partial charge is 0.103 e. The Morgan fingerprint density at radius 3 is 2.62 bits per heavy atom. The molecular weight excluding hydrogens is 288 g/mol. The lowest BCUT2D eigenvalue weighted by atomic mass is 9.55. The minimum absolute atomic E-state index is 0.586. The third-order valence-corrected chi connectivity index (χ3v) is 8.38. The summed E-state index contributed by atoms with van der Waals surface area (Å²) in [6.07, 6.45) is 18.1. The molecule has 0 amide bonds. The smallest absolute Gasteiger partial charge is 0.0179 e. The second-order valence-electron chi connectivity index (χ2n) is 9.33. The maximum Gasteiger partial charge on any atom is -0.0179 e. The highest BCUT2D eigenvalue weighted by atomic mass is 14.6. The Morgan fingerprint density at radius 1 is 1.08 bits per heavy atom. The van der Waals surface area contributed by atoms with Gasteiger partial charge in [0.25, 0.3) is 0 Å². The van der Waals surface area contributed by atoms with Crippen LogP contribution in [0.1, 0.15) is 85.5 Å². The van der Waals surface area contributed by atoms with Crippen LogP contribution in [0.4, 0.5) is 0 Å². The molecule has 3 saturated carbocycles. The van der Waals surface area contributed by atoms with Gasteiger partial charge < -0.3 is 0 Å². The van der Waals surface area contributed by atoms with Crippen molar-refractivity contribution in [3.05, 3.63) is 24.3 Å². The van der Waals surface area contributed by atoms with Gasteiger partial charge in [-0.05, 0) is 106 Å². The third-order valence-electron chi connectivity index (χ3n) is 8.38. The molecule has 7 atom stereocenters. The second kappa shape index (κ2) is 7.38. The Balaban J connectivity index is 0.000000815. The highest BCUT2D eigenvalue weighted by Crippen LogP contribution is 2.63. The van der Waals surface area contributed by atoms with E-state index in [2.05, 4.69) is 32.6 Å². The molecule has 0 radical (unpaired) electrons. The van der Waals surface area contributed by atoms with Crippen molar-refractivity contribution in [2.24, 2.45) is 40.9 Å². The van der Waals surface area contributed by atoms with Gasteiger partial charge in [-0.25, -0.2) is 0 Å². The number of fused-ring (bicyclic) bond motifs is 6. The standard InChI is InChI=1S/C22H34.C2H6/c1-4-18-8-10-21-20-9-6-16-13-15(2)5-7-17(14-16)19(20)11-12-22(18,21)3;1-2/h4-5,16-21H,1,6-14H2,2-3H3;1-2H3/t16?,17-,18+,19?,20?,21?,22-;/m1./s1. The molecule has 0 aromatic heterocycles. The summed E-state index contributed by atoms with van der Waals surface area (Å²) in [5.41, 5.74) is 2.27. The van der Waals surface area contributed by atoms with Crippen LogP contribution in [0.3, 0.4) is 0 Å². The normalized spacial score (nSPS) is 47.1. The van der Waals surface area contributed by atoms with Gasteiger partial charge in [-0.2, -0.15) is 0 Å². The lowest BCUT2D eigenvalue weighted by Gasteiger charge is -2.50. The Labute approximate surface area is 151 Å². The topological polar surface area (TPSA) is 0 Å². The SMILES string of the molecule is C=C[C@H]1CCC2C3CCC4CC(C)=CC[C@H](C4)C3CC[C@@]21C.CC. The molecule has 4 unspecified atom stereocenters. The molecule has 3 fully saturated rings. The van der Waals surface area contributed by atoms with E-state index in [4.69, 9.17) is 0 Å². The van der Waals surface area contributed by atoms with Gasteiger partial charge in [0.05, 0.1) is 0 Å². The quantitative estimate of drug-likeness (QED) is 0.439. The second-order valence-corrected chi connectivity index (χ2v) is 9.33. The molecule has 4 aliphatic carbocycles. The Bertz CT molecular complexity index is 472. The average molecular weight is 329 g/mol. The molecule has 0 N–H and O–H groups in total. The molecule has 24 heavy (non-hydrogen) atoms. The van der Waals surface area contributed by atoms with Crippen LogP contribution in [0.25, 0.3) is 0 Å². The fourth-order valence-corrected chi connectivity index (χ4v) is 7.24. The van der Waals surface area contributed by atoms with Gasteiger partial charge in [0.2, 0.25) is 0 Å². The zero-order valence-electron chi connectivity index (χ0n) is 16.7. The molecule has 4 rings (SSSR count). The molecule has 0 aromatic carbocycles.